The van der Waals surface area contributed by atoms with Gasteiger partial charge in [-0.15, -0.1) is 6.42 Å². The van der Waals surface area contributed by atoms with Gasteiger partial charge in [0, 0.05) is 0 Å². The van der Waals surface area contributed by atoms with Gasteiger partial charge in [0.25, 0.3) is 0 Å². The number of benzene rings is 1. The average molecular weight is 248 g/mol. The second-order valence-electron chi connectivity index (χ2n) is 4.11. The van der Waals surface area contributed by atoms with Crippen LogP contribution in [0.5, 0.6) is 5.75 Å². The highest BCUT2D eigenvalue weighted by Crippen LogP contribution is 2.35. The van der Waals surface area contributed by atoms with Crippen molar-refractivity contribution < 1.29 is 9.66 Å². The summed E-state index contributed by atoms with van der Waals surface area (Å²) in [6, 6.07) is 4.58. The number of hydrogen-bond donors (Lipinski definition) is 1. The number of nitrogens with zero attached hydrogens (tertiary/aromatic N) is 1. The molecule has 5 nitrogen and oxygen atoms in total. The third kappa shape index (κ3) is 3.39. The number of para-hydroxylation sites is 1. The molecule has 0 fully saturated rings. The first-order valence-corrected chi connectivity index (χ1v) is 5.62. The highest BCUT2D eigenvalue weighted by Gasteiger charge is 2.22. The van der Waals surface area contributed by atoms with Crippen molar-refractivity contribution in [3.8, 4) is 18.1 Å². The lowest BCUT2D eigenvalue weighted by atomic mass is 10.2. The van der Waals surface area contributed by atoms with Crippen LogP contribution in [0.4, 0.5) is 11.4 Å². The van der Waals surface area contributed by atoms with E-state index in [1.165, 1.54) is 0 Å². The minimum absolute atomic E-state index is 0.0895. The number of anilines is 1. The molecule has 0 radical (unpaired) electrons. The third-order valence-electron chi connectivity index (χ3n) is 2.17. The predicted octanol–water partition coefficient (Wildman–Crippen LogP) is 2.82. The maximum absolute atomic E-state index is 11.1. The number of rotatable bonds is 5. The summed E-state index contributed by atoms with van der Waals surface area (Å²) < 4.78 is 5.43. The van der Waals surface area contributed by atoms with Crippen LogP contribution in [0.3, 0.4) is 0 Å². The molecule has 0 aliphatic rings. The summed E-state index contributed by atoms with van der Waals surface area (Å²) in [5.74, 6) is 2.71. The Balaban J connectivity index is 3.18. The van der Waals surface area contributed by atoms with Gasteiger partial charge in [-0.3, -0.25) is 10.1 Å². The zero-order valence-electron chi connectivity index (χ0n) is 10.6. The van der Waals surface area contributed by atoms with E-state index in [4.69, 9.17) is 11.2 Å². The Labute approximate surface area is 106 Å². The topological polar surface area (TPSA) is 64.4 Å². The molecule has 1 atom stereocenters. The molecule has 0 bridgehead atoms. The number of nitro benzene ring substituents is 1. The van der Waals surface area contributed by atoms with Crippen LogP contribution >= 0.6 is 0 Å². The fourth-order valence-electron chi connectivity index (χ4n) is 1.45. The molecule has 96 valence electrons. The Morgan fingerprint density at radius 2 is 2.11 bits per heavy atom. The lowest BCUT2D eigenvalue weighted by Gasteiger charge is -2.14. The first kappa shape index (κ1) is 13.8. The summed E-state index contributed by atoms with van der Waals surface area (Å²) in [6.07, 6.45) is 5.12. The number of terminal acetylenes is 1. The molecular formula is C13H16N2O3. The zero-order chi connectivity index (χ0) is 13.7. The van der Waals surface area contributed by atoms with Crippen molar-refractivity contribution in [1.29, 1.82) is 0 Å². The van der Waals surface area contributed by atoms with E-state index in [2.05, 4.69) is 11.2 Å². The molecule has 1 N–H and O–H groups in total. The second kappa shape index (κ2) is 5.92. The Morgan fingerprint density at radius 3 is 2.61 bits per heavy atom. The van der Waals surface area contributed by atoms with Crippen LogP contribution in [-0.4, -0.2) is 17.1 Å². The number of nitrogens with one attached hydrogen (secondary N) is 1. The van der Waals surface area contributed by atoms with Gasteiger partial charge in [-0.25, -0.2) is 0 Å². The van der Waals surface area contributed by atoms with E-state index in [-0.39, 0.29) is 23.6 Å². The molecule has 0 spiro atoms. The zero-order valence-corrected chi connectivity index (χ0v) is 10.6. The predicted molar refractivity (Wildman–Crippen MR) is 70.8 cm³/mol. The summed E-state index contributed by atoms with van der Waals surface area (Å²) in [5.41, 5.74) is 0.275. The summed E-state index contributed by atoms with van der Waals surface area (Å²) in [6.45, 7) is 5.38. The van der Waals surface area contributed by atoms with Crippen LogP contribution in [-0.2, 0) is 0 Å². The van der Waals surface area contributed by atoms with E-state index in [1.54, 1.807) is 25.1 Å². The van der Waals surface area contributed by atoms with Crippen molar-refractivity contribution in [3.63, 3.8) is 0 Å². The fourth-order valence-corrected chi connectivity index (χ4v) is 1.45. The van der Waals surface area contributed by atoms with Gasteiger partial charge >= 0.3 is 5.69 Å². The molecular weight excluding hydrogens is 232 g/mol. The normalized spacial score (nSPS) is 11.7. The van der Waals surface area contributed by atoms with Gasteiger partial charge in [0.1, 0.15) is 5.69 Å². The molecule has 0 aliphatic carbocycles. The quantitative estimate of drug-likeness (QED) is 0.494. The van der Waals surface area contributed by atoms with Crippen LogP contribution in [0.25, 0.3) is 0 Å². The summed E-state index contributed by atoms with van der Waals surface area (Å²) in [4.78, 5) is 10.7. The largest absolute Gasteiger partial charge is 0.484 e. The monoisotopic (exact) mass is 248 g/mol. The Hall–Kier alpha value is -2.22. The van der Waals surface area contributed by atoms with Crippen LogP contribution in [0.15, 0.2) is 18.2 Å². The van der Waals surface area contributed by atoms with Gasteiger partial charge in [0.15, 0.2) is 5.75 Å². The average Bonchev–Trinajstić information content (AvgIpc) is 2.27. The molecule has 5 heteroatoms. The van der Waals surface area contributed by atoms with E-state index in [0.29, 0.717) is 5.69 Å². The van der Waals surface area contributed by atoms with Crippen molar-refractivity contribution in [2.75, 3.05) is 5.32 Å². The lowest BCUT2D eigenvalue weighted by Crippen LogP contribution is -2.14. The highest BCUT2D eigenvalue weighted by atomic mass is 16.6. The van der Waals surface area contributed by atoms with E-state index in [9.17, 15) is 10.1 Å². The molecule has 1 rings (SSSR count). The van der Waals surface area contributed by atoms with Gasteiger partial charge < -0.3 is 10.1 Å². The Kier molecular flexibility index (Phi) is 4.55. The molecule has 1 aromatic rings. The molecule has 0 aromatic heterocycles. The lowest BCUT2D eigenvalue weighted by molar-refractivity contribution is -0.385. The molecule has 18 heavy (non-hydrogen) atoms. The standard InChI is InChI=1S/C13H16N2O3/c1-5-10(4)14-11-7-6-8-12(18-9(2)3)13(11)15(16)17/h1,6-10,14H,2-4H3. The van der Waals surface area contributed by atoms with Crippen molar-refractivity contribution in [2.45, 2.75) is 32.9 Å². The maximum atomic E-state index is 11.1. The van der Waals surface area contributed by atoms with Gasteiger partial charge in [-0.05, 0) is 32.9 Å². The third-order valence-corrected chi connectivity index (χ3v) is 2.17. The maximum Gasteiger partial charge on any atom is 0.333 e. The van der Waals surface area contributed by atoms with Crippen LogP contribution < -0.4 is 10.1 Å². The van der Waals surface area contributed by atoms with Gasteiger partial charge in [0.05, 0.1) is 17.1 Å². The first-order valence-electron chi connectivity index (χ1n) is 5.62. The first-order chi connectivity index (χ1) is 8.45. The second-order valence-corrected chi connectivity index (χ2v) is 4.11. The minimum atomic E-state index is -0.469. The van der Waals surface area contributed by atoms with Crippen molar-refractivity contribution >= 4 is 11.4 Å². The van der Waals surface area contributed by atoms with Crippen molar-refractivity contribution in [2.24, 2.45) is 0 Å². The minimum Gasteiger partial charge on any atom is -0.484 e. The number of hydrogen-bond acceptors (Lipinski definition) is 4. The smallest absolute Gasteiger partial charge is 0.333 e. The fraction of sp³-hybridized carbons (Fsp3) is 0.385. The molecule has 0 heterocycles. The SMILES string of the molecule is C#CC(C)Nc1cccc(OC(C)C)c1[N+](=O)[O-]. The Morgan fingerprint density at radius 1 is 1.44 bits per heavy atom. The number of nitro groups is 1. The van der Waals surface area contributed by atoms with Gasteiger partial charge in [-0.2, -0.15) is 0 Å². The molecule has 0 saturated carbocycles. The highest BCUT2D eigenvalue weighted by molar-refractivity contribution is 5.69. The van der Waals surface area contributed by atoms with Gasteiger partial charge in [0.2, 0.25) is 0 Å². The summed E-state index contributed by atoms with van der Waals surface area (Å²) in [5, 5.41) is 14.0. The summed E-state index contributed by atoms with van der Waals surface area (Å²) >= 11 is 0. The molecule has 0 amide bonds. The van der Waals surface area contributed by atoms with E-state index < -0.39 is 4.92 Å². The van der Waals surface area contributed by atoms with Crippen molar-refractivity contribution in [3.05, 3.63) is 28.3 Å². The van der Waals surface area contributed by atoms with Crippen LogP contribution in [0.1, 0.15) is 20.8 Å². The number of ether oxygens (including phenoxy) is 1. The van der Waals surface area contributed by atoms with E-state index >= 15 is 0 Å². The molecule has 1 unspecified atom stereocenters. The van der Waals surface area contributed by atoms with Crippen LogP contribution in [0, 0.1) is 22.5 Å². The molecule has 1 aromatic carbocycles. The Bertz CT molecular complexity index is 478. The molecule has 0 aliphatic heterocycles. The molecule has 0 saturated heterocycles. The summed E-state index contributed by atoms with van der Waals surface area (Å²) in [7, 11) is 0. The van der Waals surface area contributed by atoms with Crippen LogP contribution in [0.2, 0.25) is 0 Å². The van der Waals surface area contributed by atoms with E-state index in [1.807, 2.05) is 13.8 Å². The van der Waals surface area contributed by atoms with Gasteiger partial charge in [-0.1, -0.05) is 12.0 Å². The van der Waals surface area contributed by atoms with Crippen molar-refractivity contribution in [1.82, 2.24) is 0 Å². The van der Waals surface area contributed by atoms with E-state index in [0.717, 1.165) is 0 Å².